The van der Waals surface area contributed by atoms with Crippen molar-refractivity contribution in [3.05, 3.63) is 53.1 Å². The van der Waals surface area contributed by atoms with Crippen LogP contribution in [-0.4, -0.2) is 40.2 Å². The zero-order chi connectivity index (χ0) is 20.5. The first-order valence-corrected chi connectivity index (χ1v) is 8.64. The third-order valence-corrected chi connectivity index (χ3v) is 4.08. The minimum Gasteiger partial charge on any atom is -0.493 e. The van der Waals surface area contributed by atoms with Gasteiger partial charge in [0.05, 0.1) is 21.3 Å². The van der Waals surface area contributed by atoms with E-state index in [-0.39, 0.29) is 24.0 Å². The molecule has 0 spiro atoms. The van der Waals surface area contributed by atoms with Gasteiger partial charge < -0.3 is 30.6 Å². The average molecular weight is 514 g/mol. The number of nitrogens with two attached hydrogens (primary N) is 1. The second kappa shape index (κ2) is 12.0. The third-order valence-electron chi connectivity index (χ3n) is 4.08. The summed E-state index contributed by atoms with van der Waals surface area (Å²) in [4.78, 5) is 15.5. The molecule has 8 nitrogen and oxygen atoms in total. The molecule has 0 aliphatic rings. The number of carbonyl (C=O) groups excluding carboxylic acids is 1. The average Bonchev–Trinajstić information content (AvgIpc) is 2.73. The van der Waals surface area contributed by atoms with Crippen molar-refractivity contribution >= 4 is 35.8 Å². The lowest BCUT2D eigenvalue weighted by Crippen LogP contribution is -2.36. The topological polar surface area (TPSA) is 107 Å². The Hall–Kier alpha value is -2.69. The fourth-order valence-corrected chi connectivity index (χ4v) is 2.66. The van der Waals surface area contributed by atoms with Crippen LogP contribution in [0.3, 0.4) is 0 Å². The number of halogens is 1. The molecule has 2 aromatic rings. The highest BCUT2D eigenvalue weighted by atomic mass is 127. The van der Waals surface area contributed by atoms with Crippen LogP contribution in [0, 0.1) is 0 Å². The predicted octanol–water partition coefficient (Wildman–Crippen LogP) is 2.29. The molecule has 4 N–H and O–H groups in total. The van der Waals surface area contributed by atoms with Gasteiger partial charge in [-0.3, -0.25) is 9.79 Å². The summed E-state index contributed by atoms with van der Waals surface area (Å²) in [7, 11) is 6.41. The Morgan fingerprint density at radius 2 is 1.55 bits per heavy atom. The molecule has 1 amide bonds. The maximum atomic E-state index is 11.3. The van der Waals surface area contributed by atoms with Gasteiger partial charge in [-0.25, -0.2) is 0 Å². The van der Waals surface area contributed by atoms with Crippen molar-refractivity contribution in [3.63, 3.8) is 0 Å². The first-order valence-electron chi connectivity index (χ1n) is 8.64. The van der Waals surface area contributed by atoms with E-state index < -0.39 is 5.91 Å². The number of benzene rings is 2. The van der Waals surface area contributed by atoms with Gasteiger partial charge in [0.25, 0.3) is 0 Å². The summed E-state index contributed by atoms with van der Waals surface area (Å²) in [5.41, 5.74) is 7.65. The Morgan fingerprint density at radius 1 is 0.966 bits per heavy atom. The summed E-state index contributed by atoms with van der Waals surface area (Å²) >= 11 is 0. The Kier molecular flexibility index (Phi) is 10.1. The summed E-state index contributed by atoms with van der Waals surface area (Å²) in [6, 6.07) is 10.9. The number of guanidine groups is 1. The van der Waals surface area contributed by atoms with E-state index in [1.54, 1.807) is 46.6 Å². The molecule has 0 aliphatic carbocycles. The van der Waals surface area contributed by atoms with Gasteiger partial charge in [0.2, 0.25) is 11.7 Å². The minimum absolute atomic E-state index is 0. The number of nitrogens with zero attached hydrogens (tertiary/aromatic N) is 1. The number of nitrogens with one attached hydrogen (secondary N) is 2. The molecule has 0 aromatic heterocycles. The van der Waals surface area contributed by atoms with Gasteiger partial charge in [0.15, 0.2) is 17.5 Å². The monoisotopic (exact) mass is 514 g/mol. The first-order chi connectivity index (χ1) is 13.5. The molecule has 0 radical (unpaired) electrons. The number of rotatable bonds is 8. The van der Waals surface area contributed by atoms with Gasteiger partial charge in [-0.15, -0.1) is 24.0 Å². The Balaban J connectivity index is 0.00000420. The van der Waals surface area contributed by atoms with Gasteiger partial charge in [-0.05, 0) is 35.4 Å². The summed E-state index contributed by atoms with van der Waals surface area (Å²) in [5.74, 6) is 1.88. The molecule has 0 saturated heterocycles. The third kappa shape index (κ3) is 6.70. The lowest BCUT2D eigenvalue weighted by atomic mass is 10.1. The normalized spacial score (nSPS) is 10.6. The largest absolute Gasteiger partial charge is 0.493 e. The van der Waals surface area contributed by atoms with Gasteiger partial charge in [0, 0.05) is 25.7 Å². The molecule has 0 fully saturated rings. The second-order valence-electron chi connectivity index (χ2n) is 5.88. The van der Waals surface area contributed by atoms with Gasteiger partial charge in [-0.2, -0.15) is 0 Å². The fourth-order valence-electron chi connectivity index (χ4n) is 2.66. The number of methoxy groups -OCH3 is 3. The number of primary amides is 1. The second-order valence-corrected chi connectivity index (χ2v) is 5.88. The lowest BCUT2D eigenvalue weighted by Gasteiger charge is -2.16. The lowest BCUT2D eigenvalue weighted by molar-refractivity contribution is 0.1000. The van der Waals surface area contributed by atoms with E-state index in [4.69, 9.17) is 19.9 Å². The molecule has 0 saturated carbocycles. The van der Waals surface area contributed by atoms with Crippen molar-refractivity contribution in [3.8, 4) is 17.2 Å². The van der Waals surface area contributed by atoms with Crippen molar-refractivity contribution in [2.75, 3.05) is 28.4 Å². The van der Waals surface area contributed by atoms with Gasteiger partial charge in [0.1, 0.15) is 0 Å². The number of ether oxygens (including phenoxy) is 3. The Bertz CT molecular complexity index is 833. The SMILES string of the molecule is CN=C(NCc1cccc(C(N)=O)c1)NCc1cc(OC)c(OC)c(OC)c1.I. The minimum atomic E-state index is -0.452. The van der Waals surface area contributed by atoms with E-state index in [1.165, 1.54) is 0 Å². The van der Waals surface area contributed by atoms with Crippen molar-refractivity contribution in [2.45, 2.75) is 13.1 Å². The number of carbonyl (C=O) groups is 1. The fraction of sp³-hybridized carbons (Fsp3) is 0.300. The molecule has 0 aliphatic heterocycles. The zero-order valence-electron chi connectivity index (χ0n) is 16.9. The molecule has 0 atom stereocenters. The quantitative estimate of drug-likeness (QED) is 0.284. The maximum absolute atomic E-state index is 11.3. The molecule has 29 heavy (non-hydrogen) atoms. The van der Waals surface area contributed by atoms with Crippen molar-refractivity contribution in [1.82, 2.24) is 10.6 Å². The Labute approximate surface area is 187 Å². The zero-order valence-corrected chi connectivity index (χ0v) is 19.3. The van der Waals surface area contributed by atoms with Crippen LogP contribution in [0.25, 0.3) is 0 Å². The van der Waals surface area contributed by atoms with Crippen LogP contribution in [0.1, 0.15) is 21.5 Å². The van der Waals surface area contributed by atoms with Gasteiger partial charge in [-0.1, -0.05) is 12.1 Å². The van der Waals surface area contributed by atoms with Crippen LogP contribution < -0.4 is 30.6 Å². The predicted molar refractivity (Wildman–Crippen MR) is 124 cm³/mol. The molecule has 9 heteroatoms. The molecule has 0 heterocycles. The van der Waals surface area contributed by atoms with E-state index in [2.05, 4.69) is 15.6 Å². The van der Waals surface area contributed by atoms with E-state index in [0.717, 1.165) is 11.1 Å². The molecule has 0 bridgehead atoms. The molecular weight excluding hydrogens is 487 g/mol. The Morgan fingerprint density at radius 3 is 2.03 bits per heavy atom. The summed E-state index contributed by atoms with van der Waals surface area (Å²) in [6.07, 6.45) is 0. The molecule has 158 valence electrons. The van der Waals surface area contributed by atoms with E-state index in [1.807, 2.05) is 18.2 Å². The number of amides is 1. The number of hydrogen-bond acceptors (Lipinski definition) is 5. The first kappa shape index (κ1) is 24.3. The van der Waals surface area contributed by atoms with Gasteiger partial charge >= 0.3 is 0 Å². The van der Waals surface area contributed by atoms with Crippen molar-refractivity contribution in [1.29, 1.82) is 0 Å². The standard InChI is InChI=1S/C20H26N4O4.HI/c1-22-20(23-11-13-6-5-7-15(8-13)19(21)25)24-12-14-9-16(26-2)18(28-4)17(10-14)27-3;/h5-10H,11-12H2,1-4H3,(H2,21,25)(H2,22,23,24);1H. The summed E-state index contributed by atoms with van der Waals surface area (Å²) in [5, 5.41) is 6.43. The summed E-state index contributed by atoms with van der Waals surface area (Å²) < 4.78 is 16.1. The van der Waals surface area contributed by atoms with Crippen LogP contribution in [0.2, 0.25) is 0 Å². The van der Waals surface area contributed by atoms with Crippen LogP contribution in [0.4, 0.5) is 0 Å². The van der Waals surface area contributed by atoms with Crippen molar-refractivity contribution < 1.29 is 19.0 Å². The molecule has 0 unspecified atom stereocenters. The molecule has 2 rings (SSSR count). The number of aliphatic imine (C=N–C) groups is 1. The highest BCUT2D eigenvalue weighted by Gasteiger charge is 2.13. The smallest absolute Gasteiger partial charge is 0.248 e. The molecular formula is C20H27IN4O4. The highest BCUT2D eigenvalue weighted by molar-refractivity contribution is 14.0. The van der Waals surface area contributed by atoms with Crippen LogP contribution in [-0.2, 0) is 13.1 Å². The van der Waals surface area contributed by atoms with Crippen LogP contribution >= 0.6 is 24.0 Å². The highest BCUT2D eigenvalue weighted by Crippen LogP contribution is 2.38. The van der Waals surface area contributed by atoms with E-state index >= 15 is 0 Å². The van der Waals surface area contributed by atoms with Crippen LogP contribution in [0.5, 0.6) is 17.2 Å². The van der Waals surface area contributed by atoms with E-state index in [9.17, 15) is 4.79 Å². The van der Waals surface area contributed by atoms with Crippen molar-refractivity contribution in [2.24, 2.45) is 10.7 Å². The maximum Gasteiger partial charge on any atom is 0.248 e. The summed E-state index contributed by atoms with van der Waals surface area (Å²) in [6.45, 7) is 0.994. The van der Waals surface area contributed by atoms with Crippen LogP contribution in [0.15, 0.2) is 41.4 Å². The van der Waals surface area contributed by atoms with E-state index in [0.29, 0.717) is 41.9 Å². The number of hydrogen-bond donors (Lipinski definition) is 3. The molecule has 2 aromatic carbocycles.